The maximum absolute atomic E-state index is 13.2. The summed E-state index contributed by atoms with van der Waals surface area (Å²) in [7, 11) is 0. The van der Waals surface area contributed by atoms with Crippen LogP contribution in [0.4, 0.5) is 5.82 Å². The van der Waals surface area contributed by atoms with E-state index in [1.807, 2.05) is 31.2 Å². The Morgan fingerprint density at radius 2 is 1.94 bits per heavy atom. The Labute approximate surface area is 215 Å². The minimum absolute atomic E-state index is 0.0301. The number of halogens is 1. The predicted molar refractivity (Wildman–Crippen MR) is 141 cm³/mol. The van der Waals surface area contributed by atoms with Gasteiger partial charge in [0.15, 0.2) is 0 Å². The summed E-state index contributed by atoms with van der Waals surface area (Å²) in [5.41, 5.74) is 12.6. The summed E-state index contributed by atoms with van der Waals surface area (Å²) < 4.78 is 6.87. The van der Waals surface area contributed by atoms with Crippen molar-refractivity contribution in [3.63, 3.8) is 0 Å². The highest BCUT2D eigenvalue weighted by molar-refractivity contribution is 6.30. The van der Waals surface area contributed by atoms with Crippen molar-refractivity contribution >= 4 is 23.3 Å². The number of aromatic nitrogens is 2. The molecule has 190 valence electrons. The number of carbonyl (C=O) groups excluding carboxylic acids is 1. The van der Waals surface area contributed by atoms with Gasteiger partial charge >= 0.3 is 0 Å². The number of pyridine rings is 2. The van der Waals surface area contributed by atoms with Crippen LogP contribution >= 0.6 is 11.6 Å². The van der Waals surface area contributed by atoms with Gasteiger partial charge in [-0.05, 0) is 47.9 Å². The molecule has 0 radical (unpaired) electrons. The number of ether oxygens (including phenoxy) is 1. The molecule has 1 aromatic carbocycles. The molecule has 1 fully saturated rings. The molecule has 1 saturated heterocycles. The van der Waals surface area contributed by atoms with Gasteiger partial charge in [-0.2, -0.15) is 0 Å². The molecule has 0 spiro atoms. The number of nitrogens with zero attached hydrogens (tertiary/aromatic N) is 3. The van der Waals surface area contributed by atoms with E-state index in [1.54, 1.807) is 24.5 Å². The Morgan fingerprint density at radius 1 is 1.14 bits per heavy atom. The smallest absolute Gasteiger partial charge is 0.272 e. The number of nitrogens with one attached hydrogen (secondary N) is 2. The zero-order valence-corrected chi connectivity index (χ0v) is 21.1. The molecule has 0 saturated carbocycles. The highest BCUT2D eigenvalue weighted by Gasteiger charge is 2.17. The number of anilines is 1. The molecule has 10 heteroatoms. The lowest BCUT2D eigenvalue weighted by molar-refractivity contribution is -0.120. The summed E-state index contributed by atoms with van der Waals surface area (Å²) in [6, 6.07) is 11.1. The maximum atomic E-state index is 13.2. The summed E-state index contributed by atoms with van der Waals surface area (Å²) in [4.78, 5) is 32.6. The lowest BCUT2D eigenvalue weighted by atomic mass is 10.1. The second kappa shape index (κ2) is 12.0. The third kappa shape index (κ3) is 6.23. The molecule has 0 atom stereocenters. The molecule has 9 nitrogen and oxygen atoms in total. The zero-order valence-electron chi connectivity index (χ0n) is 20.3. The molecular formula is C26H31ClN6O3. The average molecular weight is 511 g/mol. The van der Waals surface area contributed by atoms with Crippen LogP contribution in [0.5, 0.6) is 0 Å². The SMILES string of the molecule is Cc1ccn(NCc2cccnc2N2CCOCC2)c(=O)c1CC(=O)NCc1cc(Cl)ccc1CN. The van der Waals surface area contributed by atoms with E-state index in [9.17, 15) is 9.59 Å². The first-order valence-corrected chi connectivity index (χ1v) is 12.3. The van der Waals surface area contributed by atoms with Gasteiger partial charge in [0.1, 0.15) is 5.82 Å². The Kier molecular flexibility index (Phi) is 8.58. The highest BCUT2D eigenvalue weighted by Crippen LogP contribution is 2.19. The molecule has 4 rings (SSSR count). The normalized spacial score (nSPS) is 13.5. The largest absolute Gasteiger partial charge is 0.378 e. The summed E-state index contributed by atoms with van der Waals surface area (Å²) in [5, 5.41) is 3.46. The minimum atomic E-state index is -0.257. The van der Waals surface area contributed by atoms with Crippen LogP contribution in [-0.4, -0.2) is 41.9 Å². The molecule has 2 aromatic heterocycles. The van der Waals surface area contributed by atoms with E-state index in [4.69, 9.17) is 22.1 Å². The Hall–Kier alpha value is -3.40. The van der Waals surface area contributed by atoms with Crippen molar-refractivity contribution in [2.24, 2.45) is 5.73 Å². The standard InChI is InChI=1S/C26H31ClN6O3/c1-18-6-8-33(31-17-20-3-2-7-29-25(20)32-9-11-36-12-10-32)26(35)23(18)14-24(34)30-16-21-13-22(27)5-4-19(21)15-28/h2-8,13,31H,9-12,14-17,28H2,1H3,(H,30,34). The second-order valence-corrected chi connectivity index (χ2v) is 9.08. The average Bonchev–Trinajstić information content (AvgIpc) is 2.90. The molecule has 1 aliphatic heterocycles. The quantitative estimate of drug-likeness (QED) is 0.404. The van der Waals surface area contributed by atoms with Gasteiger partial charge in [-0.25, -0.2) is 9.66 Å². The van der Waals surface area contributed by atoms with E-state index in [1.165, 1.54) is 4.68 Å². The van der Waals surface area contributed by atoms with Crippen molar-refractivity contribution in [3.8, 4) is 0 Å². The van der Waals surface area contributed by atoms with Crippen molar-refractivity contribution in [1.29, 1.82) is 0 Å². The minimum Gasteiger partial charge on any atom is -0.378 e. The predicted octanol–water partition coefficient (Wildman–Crippen LogP) is 2.10. The molecule has 3 aromatic rings. The number of carbonyl (C=O) groups is 1. The maximum Gasteiger partial charge on any atom is 0.272 e. The number of aryl methyl sites for hydroxylation is 1. The summed E-state index contributed by atoms with van der Waals surface area (Å²) in [6.45, 7) is 5.75. The number of amides is 1. The lowest BCUT2D eigenvalue weighted by Gasteiger charge is -2.29. The number of nitrogens with two attached hydrogens (primary N) is 1. The Morgan fingerprint density at radius 3 is 2.72 bits per heavy atom. The number of benzene rings is 1. The molecule has 1 aliphatic rings. The molecule has 0 unspecified atom stereocenters. The van der Waals surface area contributed by atoms with Gasteiger partial charge in [0, 0.05) is 54.7 Å². The number of hydrogen-bond donors (Lipinski definition) is 3. The van der Waals surface area contributed by atoms with Crippen LogP contribution in [0.1, 0.15) is 27.8 Å². The Bertz CT molecular complexity index is 1270. The van der Waals surface area contributed by atoms with Gasteiger partial charge in [-0.15, -0.1) is 0 Å². The van der Waals surface area contributed by atoms with Crippen molar-refractivity contribution in [2.75, 3.05) is 36.6 Å². The van der Waals surface area contributed by atoms with Gasteiger partial charge in [0.25, 0.3) is 5.56 Å². The zero-order chi connectivity index (χ0) is 25.5. The van der Waals surface area contributed by atoms with E-state index < -0.39 is 0 Å². The number of rotatable bonds is 9. The summed E-state index contributed by atoms with van der Waals surface area (Å²) in [5.74, 6) is 0.628. The van der Waals surface area contributed by atoms with E-state index in [-0.39, 0.29) is 24.4 Å². The van der Waals surface area contributed by atoms with Gasteiger partial charge in [-0.1, -0.05) is 23.7 Å². The third-order valence-corrected chi connectivity index (χ3v) is 6.48. The topological polar surface area (TPSA) is 115 Å². The van der Waals surface area contributed by atoms with Crippen LogP contribution in [0.25, 0.3) is 0 Å². The van der Waals surface area contributed by atoms with Crippen LogP contribution in [-0.2, 0) is 35.6 Å². The molecule has 3 heterocycles. The van der Waals surface area contributed by atoms with E-state index in [0.29, 0.717) is 36.9 Å². The molecule has 0 bridgehead atoms. The highest BCUT2D eigenvalue weighted by atomic mass is 35.5. The fourth-order valence-electron chi connectivity index (χ4n) is 4.18. The Balaban J connectivity index is 1.43. The first kappa shape index (κ1) is 25.7. The molecule has 36 heavy (non-hydrogen) atoms. The second-order valence-electron chi connectivity index (χ2n) is 8.64. The van der Waals surface area contributed by atoms with E-state index >= 15 is 0 Å². The monoisotopic (exact) mass is 510 g/mol. The van der Waals surface area contributed by atoms with Crippen molar-refractivity contribution in [3.05, 3.63) is 92.0 Å². The van der Waals surface area contributed by atoms with Crippen LogP contribution in [0.2, 0.25) is 5.02 Å². The van der Waals surface area contributed by atoms with E-state index in [2.05, 4.69) is 20.6 Å². The fourth-order valence-corrected chi connectivity index (χ4v) is 4.38. The molecular weight excluding hydrogens is 480 g/mol. The van der Waals surface area contributed by atoms with Gasteiger partial charge < -0.3 is 26.1 Å². The first-order valence-electron chi connectivity index (χ1n) is 11.9. The van der Waals surface area contributed by atoms with Crippen molar-refractivity contribution in [1.82, 2.24) is 15.0 Å². The lowest BCUT2D eigenvalue weighted by Crippen LogP contribution is -2.38. The van der Waals surface area contributed by atoms with Crippen LogP contribution in [0.15, 0.2) is 53.6 Å². The molecule has 0 aliphatic carbocycles. The van der Waals surface area contributed by atoms with Gasteiger partial charge in [0.05, 0.1) is 26.2 Å². The molecule has 1 amide bonds. The summed E-state index contributed by atoms with van der Waals surface area (Å²) in [6.07, 6.45) is 3.42. The fraction of sp³-hybridized carbons (Fsp3) is 0.346. The first-order chi connectivity index (χ1) is 17.5. The third-order valence-electron chi connectivity index (χ3n) is 6.25. The molecule has 4 N–H and O–H groups in total. The van der Waals surface area contributed by atoms with Crippen molar-refractivity contribution in [2.45, 2.75) is 33.0 Å². The van der Waals surface area contributed by atoms with Crippen LogP contribution in [0, 0.1) is 6.92 Å². The van der Waals surface area contributed by atoms with Crippen molar-refractivity contribution < 1.29 is 9.53 Å². The van der Waals surface area contributed by atoms with Gasteiger partial charge in [-0.3, -0.25) is 9.59 Å². The van der Waals surface area contributed by atoms with Gasteiger partial charge in [0.2, 0.25) is 5.91 Å². The van der Waals surface area contributed by atoms with Crippen LogP contribution < -0.4 is 26.9 Å². The van der Waals surface area contributed by atoms with Crippen LogP contribution in [0.3, 0.4) is 0 Å². The summed E-state index contributed by atoms with van der Waals surface area (Å²) >= 11 is 6.09. The number of morpholine rings is 1. The number of hydrogen-bond acceptors (Lipinski definition) is 7. The van der Waals surface area contributed by atoms with E-state index in [0.717, 1.165) is 41.2 Å².